The number of ether oxygens (including phenoxy) is 1. The molecule has 1 aliphatic rings. The van der Waals surface area contributed by atoms with Crippen molar-refractivity contribution < 1.29 is 22.7 Å². The van der Waals surface area contributed by atoms with Crippen LogP contribution in [-0.4, -0.2) is 44.2 Å². The first kappa shape index (κ1) is 22.1. The van der Waals surface area contributed by atoms with E-state index in [2.05, 4.69) is 10.6 Å². The van der Waals surface area contributed by atoms with Crippen molar-refractivity contribution in [3.8, 4) is 5.75 Å². The molecule has 3 rings (SSSR count). The fraction of sp³-hybridized carbons (Fsp3) is 0.300. The lowest BCUT2D eigenvalue weighted by Crippen LogP contribution is -2.27. The summed E-state index contributed by atoms with van der Waals surface area (Å²) in [6, 6.07) is 10.9. The van der Waals surface area contributed by atoms with Crippen molar-refractivity contribution in [3.63, 3.8) is 0 Å². The van der Waals surface area contributed by atoms with Crippen LogP contribution in [0.2, 0.25) is 5.02 Å². The van der Waals surface area contributed by atoms with E-state index in [9.17, 15) is 18.0 Å². The van der Waals surface area contributed by atoms with Crippen molar-refractivity contribution in [1.82, 2.24) is 4.31 Å². The molecule has 0 saturated carbocycles. The molecule has 0 aliphatic carbocycles. The van der Waals surface area contributed by atoms with Gasteiger partial charge in [0.2, 0.25) is 15.9 Å². The lowest BCUT2D eigenvalue weighted by molar-refractivity contribution is -0.118. The van der Waals surface area contributed by atoms with Crippen molar-refractivity contribution >= 4 is 44.8 Å². The smallest absolute Gasteiger partial charge is 0.262 e. The molecule has 2 aromatic carbocycles. The summed E-state index contributed by atoms with van der Waals surface area (Å²) in [6.07, 6.45) is 1.69. The number of amides is 2. The number of nitrogens with one attached hydrogen (secondary N) is 2. The number of carbonyl (C=O) groups is 2. The number of nitrogens with zero attached hydrogens (tertiary/aromatic N) is 1. The fourth-order valence-corrected chi connectivity index (χ4v) is 4.90. The second-order valence-electron chi connectivity index (χ2n) is 6.80. The number of halogens is 1. The maximum absolute atomic E-state index is 12.6. The molecule has 2 N–H and O–H groups in total. The number of benzene rings is 2. The Balaban J connectivity index is 1.60. The second-order valence-corrected chi connectivity index (χ2v) is 9.15. The maximum atomic E-state index is 12.6. The molecule has 0 atom stereocenters. The van der Waals surface area contributed by atoms with Gasteiger partial charge in [0.25, 0.3) is 5.91 Å². The highest BCUT2D eigenvalue weighted by Gasteiger charge is 2.27. The first-order valence-electron chi connectivity index (χ1n) is 9.36. The summed E-state index contributed by atoms with van der Waals surface area (Å²) in [5.74, 6) is -0.439. The summed E-state index contributed by atoms with van der Waals surface area (Å²) in [6.45, 7) is 2.08. The van der Waals surface area contributed by atoms with E-state index in [1.54, 1.807) is 24.3 Å². The minimum atomic E-state index is -3.58. The molecule has 0 aromatic heterocycles. The molecule has 8 nitrogen and oxygen atoms in total. The van der Waals surface area contributed by atoms with Crippen molar-refractivity contribution in [2.24, 2.45) is 0 Å². The Morgan fingerprint density at radius 2 is 1.73 bits per heavy atom. The minimum Gasteiger partial charge on any atom is -0.482 e. The van der Waals surface area contributed by atoms with Gasteiger partial charge in [-0.05, 0) is 49.2 Å². The van der Waals surface area contributed by atoms with Gasteiger partial charge in [0.1, 0.15) is 5.75 Å². The third kappa shape index (κ3) is 5.50. The topological polar surface area (TPSA) is 105 Å². The predicted molar refractivity (Wildman–Crippen MR) is 114 cm³/mol. The zero-order valence-corrected chi connectivity index (χ0v) is 17.9. The first-order valence-corrected chi connectivity index (χ1v) is 11.2. The average molecular weight is 452 g/mol. The van der Waals surface area contributed by atoms with Gasteiger partial charge in [-0.2, -0.15) is 4.31 Å². The van der Waals surface area contributed by atoms with Crippen LogP contribution >= 0.6 is 11.6 Å². The number of hydrogen-bond donors (Lipinski definition) is 2. The Kier molecular flexibility index (Phi) is 6.96. The largest absolute Gasteiger partial charge is 0.482 e. The molecule has 0 spiro atoms. The molecule has 10 heteroatoms. The van der Waals surface area contributed by atoms with E-state index in [0.29, 0.717) is 24.5 Å². The van der Waals surface area contributed by atoms with Gasteiger partial charge in [0.15, 0.2) is 6.61 Å². The predicted octanol–water partition coefficient (Wildman–Crippen LogP) is 3.10. The van der Waals surface area contributed by atoms with E-state index in [1.165, 1.54) is 29.4 Å². The van der Waals surface area contributed by atoms with Crippen LogP contribution in [0.3, 0.4) is 0 Å². The molecule has 0 radical (unpaired) electrons. The van der Waals surface area contributed by atoms with Gasteiger partial charge in [0.05, 0.1) is 9.92 Å². The van der Waals surface area contributed by atoms with Crippen molar-refractivity contribution in [3.05, 3.63) is 47.5 Å². The number of carbonyl (C=O) groups excluding carboxylic acids is 2. The SMILES string of the molecule is CC(=O)Nc1cccc(NC(=O)COc2ccc(S(=O)(=O)N3CCCC3)cc2Cl)c1. The quantitative estimate of drug-likeness (QED) is 0.673. The number of sulfonamides is 1. The molecular formula is C20H22ClN3O5S. The lowest BCUT2D eigenvalue weighted by Gasteiger charge is -2.16. The highest BCUT2D eigenvalue weighted by molar-refractivity contribution is 7.89. The summed E-state index contributed by atoms with van der Waals surface area (Å²) >= 11 is 6.18. The average Bonchev–Trinajstić information content (AvgIpc) is 3.22. The normalized spacial score (nSPS) is 14.3. The van der Waals surface area contributed by atoms with Crippen LogP contribution in [0, 0.1) is 0 Å². The molecule has 2 amide bonds. The van der Waals surface area contributed by atoms with Gasteiger partial charge in [-0.1, -0.05) is 17.7 Å². The van der Waals surface area contributed by atoms with Crippen molar-refractivity contribution in [2.75, 3.05) is 30.3 Å². The molecule has 1 saturated heterocycles. The van der Waals surface area contributed by atoms with Crippen LogP contribution < -0.4 is 15.4 Å². The van der Waals surface area contributed by atoms with E-state index in [4.69, 9.17) is 16.3 Å². The van der Waals surface area contributed by atoms with Crippen LogP contribution in [-0.2, 0) is 19.6 Å². The Morgan fingerprint density at radius 3 is 2.37 bits per heavy atom. The molecule has 1 aliphatic heterocycles. The van der Waals surface area contributed by atoms with E-state index >= 15 is 0 Å². The summed E-state index contributed by atoms with van der Waals surface area (Å²) < 4.78 is 32.1. The van der Waals surface area contributed by atoms with Gasteiger partial charge in [0, 0.05) is 31.4 Å². The molecule has 0 bridgehead atoms. The molecular weight excluding hydrogens is 430 g/mol. The van der Waals surface area contributed by atoms with Gasteiger partial charge in [-0.15, -0.1) is 0 Å². The molecule has 2 aromatic rings. The van der Waals surface area contributed by atoms with E-state index in [0.717, 1.165) is 12.8 Å². The molecule has 160 valence electrons. The minimum absolute atomic E-state index is 0.0981. The van der Waals surface area contributed by atoms with E-state index in [1.807, 2.05) is 0 Å². The van der Waals surface area contributed by atoms with Gasteiger partial charge < -0.3 is 15.4 Å². The van der Waals surface area contributed by atoms with Crippen LogP contribution in [0.1, 0.15) is 19.8 Å². The number of hydrogen-bond acceptors (Lipinski definition) is 5. The van der Waals surface area contributed by atoms with Gasteiger partial charge in [-0.25, -0.2) is 8.42 Å². The van der Waals surface area contributed by atoms with Crippen LogP contribution in [0.4, 0.5) is 11.4 Å². The molecule has 1 heterocycles. The molecule has 30 heavy (non-hydrogen) atoms. The summed E-state index contributed by atoms with van der Waals surface area (Å²) in [4.78, 5) is 23.4. The second kappa shape index (κ2) is 9.46. The zero-order valence-electron chi connectivity index (χ0n) is 16.4. The summed E-state index contributed by atoms with van der Waals surface area (Å²) in [5.41, 5.74) is 1.05. The van der Waals surface area contributed by atoms with Crippen molar-refractivity contribution in [1.29, 1.82) is 0 Å². The number of anilines is 2. The Hall–Kier alpha value is -2.62. The lowest BCUT2D eigenvalue weighted by atomic mass is 10.2. The van der Waals surface area contributed by atoms with E-state index < -0.39 is 15.9 Å². The number of rotatable bonds is 7. The summed E-state index contributed by atoms with van der Waals surface area (Å²) in [5, 5.41) is 5.39. The Morgan fingerprint density at radius 1 is 1.07 bits per heavy atom. The molecule has 1 fully saturated rings. The highest BCUT2D eigenvalue weighted by Crippen LogP contribution is 2.30. The first-order chi connectivity index (χ1) is 14.3. The standard InChI is InChI=1S/C20H22ClN3O5S/c1-14(25)22-15-5-4-6-16(11-15)23-20(26)13-29-19-8-7-17(12-18(19)21)30(27,28)24-9-2-3-10-24/h4-8,11-12H,2-3,9-10,13H2,1H3,(H,22,25)(H,23,26). The van der Waals surface area contributed by atoms with Crippen molar-refractivity contribution in [2.45, 2.75) is 24.7 Å². The molecule has 0 unspecified atom stereocenters. The van der Waals surface area contributed by atoms with Crippen LogP contribution in [0.15, 0.2) is 47.4 Å². The Labute approximate surface area is 180 Å². The zero-order chi connectivity index (χ0) is 21.7. The van der Waals surface area contributed by atoms with E-state index in [-0.39, 0.29) is 28.2 Å². The van der Waals surface area contributed by atoms with Gasteiger partial charge in [-0.3, -0.25) is 9.59 Å². The van der Waals surface area contributed by atoms with Crippen LogP contribution in [0.25, 0.3) is 0 Å². The monoisotopic (exact) mass is 451 g/mol. The van der Waals surface area contributed by atoms with Crippen LogP contribution in [0.5, 0.6) is 5.75 Å². The third-order valence-electron chi connectivity index (χ3n) is 4.43. The fourth-order valence-electron chi connectivity index (χ4n) is 3.05. The Bertz CT molecular complexity index is 1050. The summed E-state index contributed by atoms with van der Waals surface area (Å²) in [7, 11) is -3.58. The van der Waals surface area contributed by atoms with Gasteiger partial charge >= 0.3 is 0 Å². The third-order valence-corrected chi connectivity index (χ3v) is 6.62. The highest BCUT2D eigenvalue weighted by atomic mass is 35.5. The maximum Gasteiger partial charge on any atom is 0.262 e.